The van der Waals surface area contributed by atoms with Crippen molar-refractivity contribution in [2.75, 3.05) is 25.9 Å². The Morgan fingerprint density at radius 3 is 2.53 bits per heavy atom. The van der Waals surface area contributed by atoms with Gasteiger partial charge < -0.3 is 5.32 Å². The first kappa shape index (κ1) is 14.1. The summed E-state index contributed by atoms with van der Waals surface area (Å²) in [5, 5.41) is 2.85. The molecule has 1 rings (SSSR count). The highest BCUT2D eigenvalue weighted by atomic mass is 32.2. The van der Waals surface area contributed by atoms with E-state index >= 15 is 0 Å². The predicted molar refractivity (Wildman–Crippen MR) is 68.0 cm³/mol. The lowest BCUT2D eigenvalue weighted by Gasteiger charge is -2.20. The molecule has 0 saturated heterocycles. The molecule has 0 radical (unpaired) electrons. The number of hydrogen-bond donors (Lipinski definition) is 1. The molecular formula is C11H19N3O2S. The van der Waals surface area contributed by atoms with Crippen LogP contribution in [-0.2, 0) is 16.6 Å². The number of rotatable bonds is 7. The Balaban J connectivity index is 2.72. The largest absolute Gasteiger partial charge is 0.319 e. The van der Waals surface area contributed by atoms with Gasteiger partial charge in [0.1, 0.15) is 0 Å². The van der Waals surface area contributed by atoms with Crippen molar-refractivity contribution in [3.63, 3.8) is 0 Å². The van der Waals surface area contributed by atoms with Gasteiger partial charge in [0.2, 0.25) is 10.0 Å². The zero-order valence-electron chi connectivity index (χ0n) is 10.3. The fraction of sp³-hybridized carbons (Fsp3) is 0.545. The van der Waals surface area contributed by atoms with Crippen LogP contribution in [0.2, 0.25) is 0 Å². The molecule has 0 saturated carbocycles. The van der Waals surface area contributed by atoms with Gasteiger partial charge in [0.15, 0.2) is 0 Å². The first-order valence-electron chi connectivity index (χ1n) is 5.61. The minimum Gasteiger partial charge on any atom is -0.319 e. The van der Waals surface area contributed by atoms with Crippen LogP contribution in [0, 0.1) is 0 Å². The average molecular weight is 257 g/mol. The van der Waals surface area contributed by atoms with E-state index in [2.05, 4.69) is 10.3 Å². The number of pyridine rings is 1. The highest BCUT2D eigenvalue weighted by Crippen LogP contribution is 2.08. The zero-order chi connectivity index (χ0) is 12.7. The van der Waals surface area contributed by atoms with Crippen LogP contribution >= 0.6 is 0 Å². The van der Waals surface area contributed by atoms with Crippen molar-refractivity contribution in [2.24, 2.45) is 0 Å². The van der Waals surface area contributed by atoms with Gasteiger partial charge in [-0.05, 0) is 24.7 Å². The van der Waals surface area contributed by atoms with E-state index in [1.807, 2.05) is 19.1 Å². The van der Waals surface area contributed by atoms with Crippen molar-refractivity contribution >= 4 is 10.0 Å². The summed E-state index contributed by atoms with van der Waals surface area (Å²) in [7, 11) is -1.44. The number of aromatic nitrogens is 1. The van der Waals surface area contributed by atoms with Gasteiger partial charge in [0.25, 0.3) is 0 Å². The van der Waals surface area contributed by atoms with E-state index in [9.17, 15) is 8.42 Å². The maximum atomic E-state index is 12.0. The van der Waals surface area contributed by atoms with Crippen molar-refractivity contribution in [3.8, 4) is 0 Å². The number of hydrogen-bond acceptors (Lipinski definition) is 4. The number of nitrogens with zero attached hydrogens (tertiary/aromatic N) is 2. The normalized spacial score (nSPS) is 11.9. The van der Waals surface area contributed by atoms with Gasteiger partial charge in [-0.15, -0.1) is 0 Å². The molecule has 1 N–H and O–H groups in total. The smallest absolute Gasteiger partial charge is 0.215 e. The number of sulfonamides is 1. The van der Waals surface area contributed by atoms with Crippen molar-refractivity contribution in [1.82, 2.24) is 14.6 Å². The highest BCUT2D eigenvalue weighted by Gasteiger charge is 2.19. The third-order valence-corrected chi connectivity index (χ3v) is 4.36. The molecule has 0 amide bonds. The fourth-order valence-electron chi connectivity index (χ4n) is 1.46. The van der Waals surface area contributed by atoms with Crippen LogP contribution in [0.25, 0.3) is 0 Å². The standard InChI is InChI=1S/C11H19N3O2S/c1-3-14(17(15,16)9-8-12-2)10-11-4-6-13-7-5-11/h4-7,12H,3,8-10H2,1-2H3. The van der Waals surface area contributed by atoms with E-state index in [-0.39, 0.29) is 5.75 Å². The first-order valence-corrected chi connectivity index (χ1v) is 7.22. The first-order chi connectivity index (χ1) is 8.10. The predicted octanol–water partition coefficient (Wildman–Crippen LogP) is 0.453. The molecule has 0 fully saturated rings. The fourth-order valence-corrected chi connectivity index (χ4v) is 2.92. The maximum Gasteiger partial charge on any atom is 0.215 e. The zero-order valence-corrected chi connectivity index (χ0v) is 11.1. The summed E-state index contributed by atoms with van der Waals surface area (Å²) in [4.78, 5) is 3.91. The SMILES string of the molecule is CCN(Cc1ccncc1)S(=O)(=O)CCNC. The molecule has 5 nitrogen and oxygen atoms in total. The van der Waals surface area contributed by atoms with E-state index in [0.717, 1.165) is 5.56 Å². The summed E-state index contributed by atoms with van der Waals surface area (Å²) in [6.45, 7) is 3.20. The van der Waals surface area contributed by atoms with Crippen LogP contribution in [0.4, 0.5) is 0 Å². The van der Waals surface area contributed by atoms with Gasteiger partial charge in [-0.25, -0.2) is 8.42 Å². The quantitative estimate of drug-likeness (QED) is 0.770. The summed E-state index contributed by atoms with van der Waals surface area (Å²) >= 11 is 0. The lowest BCUT2D eigenvalue weighted by atomic mass is 10.3. The molecule has 1 aromatic heterocycles. The molecule has 0 aliphatic rings. The molecule has 96 valence electrons. The lowest BCUT2D eigenvalue weighted by molar-refractivity contribution is 0.423. The molecule has 0 spiro atoms. The van der Waals surface area contributed by atoms with Crippen LogP contribution in [0.15, 0.2) is 24.5 Å². The molecule has 0 bridgehead atoms. The molecule has 0 aromatic carbocycles. The van der Waals surface area contributed by atoms with Crippen molar-refractivity contribution in [1.29, 1.82) is 0 Å². The Bertz CT molecular complexity index is 420. The van der Waals surface area contributed by atoms with E-state index in [4.69, 9.17) is 0 Å². The Labute approximate surface area is 103 Å². The Morgan fingerprint density at radius 1 is 1.35 bits per heavy atom. The molecule has 0 unspecified atom stereocenters. The molecule has 0 aliphatic carbocycles. The molecule has 1 heterocycles. The molecular weight excluding hydrogens is 238 g/mol. The van der Waals surface area contributed by atoms with E-state index in [1.165, 1.54) is 4.31 Å². The molecule has 0 aliphatic heterocycles. The second-order valence-electron chi connectivity index (χ2n) is 3.70. The van der Waals surface area contributed by atoms with Crippen LogP contribution in [0.3, 0.4) is 0 Å². The average Bonchev–Trinajstić information content (AvgIpc) is 2.34. The van der Waals surface area contributed by atoms with E-state index in [1.54, 1.807) is 19.4 Å². The molecule has 17 heavy (non-hydrogen) atoms. The minimum absolute atomic E-state index is 0.127. The second kappa shape index (κ2) is 6.68. The van der Waals surface area contributed by atoms with Crippen molar-refractivity contribution in [3.05, 3.63) is 30.1 Å². The third kappa shape index (κ3) is 4.41. The summed E-state index contributed by atoms with van der Waals surface area (Å²) in [5.74, 6) is 0.127. The summed E-state index contributed by atoms with van der Waals surface area (Å²) < 4.78 is 25.5. The Kier molecular flexibility index (Phi) is 5.54. The van der Waals surface area contributed by atoms with Crippen molar-refractivity contribution < 1.29 is 8.42 Å². The monoisotopic (exact) mass is 257 g/mol. The molecule has 6 heteroatoms. The molecule has 1 aromatic rings. The van der Waals surface area contributed by atoms with Gasteiger partial charge in [-0.3, -0.25) is 4.98 Å². The third-order valence-electron chi connectivity index (χ3n) is 2.46. The van der Waals surface area contributed by atoms with Crippen LogP contribution < -0.4 is 5.32 Å². The van der Waals surface area contributed by atoms with Crippen LogP contribution in [-0.4, -0.2) is 43.6 Å². The van der Waals surface area contributed by atoms with Crippen LogP contribution in [0.1, 0.15) is 12.5 Å². The van der Waals surface area contributed by atoms with Gasteiger partial charge in [-0.2, -0.15) is 4.31 Å². The lowest BCUT2D eigenvalue weighted by Crippen LogP contribution is -2.35. The van der Waals surface area contributed by atoms with Gasteiger partial charge >= 0.3 is 0 Å². The van der Waals surface area contributed by atoms with Crippen molar-refractivity contribution in [2.45, 2.75) is 13.5 Å². The van der Waals surface area contributed by atoms with E-state index in [0.29, 0.717) is 19.6 Å². The van der Waals surface area contributed by atoms with Gasteiger partial charge in [-0.1, -0.05) is 6.92 Å². The Hall–Kier alpha value is -0.980. The van der Waals surface area contributed by atoms with E-state index < -0.39 is 10.0 Å². The Morgan fingerprint density at radius 2 is 2.00 bits per heavy atom. The topological polar surface area (TPSA) is 62.3 Å². The molecule has 0 atom stereocenters. The number of nitrogens with one attached hydrogen (secondary N) is 1. The van der Waals surface area contributed by atoms with Gasteiger partial charge in [0.05, 0.1) is 5.75 Å². The minimum atomic E-state index is -3.18. The second-order valence-corrected chi connectivity index (χ2v) is 5.79. The summed E-state index contributed by atoms with van der Waals surface area (Å²) in [6, 6.07) is 3.66. The summed E-state index contributed by atoms with van der Waals surface area (Å²) in [5.41, 5.74) is 0.954. The summed E-state index contributed by atoms with van der Waals surface area (Å²) in [6.07, 6.45) is 3.34. The maximum absolute atomic E-state index is 12.0. The van der Waals surface area contributed by atoms with Crippen LogP contribution in [0.5, 0.6) is 0 Å². The van der Waals surface area contributed by atoms with Gasteiger partial charge in [0, 0.05) is 32.0 Å². The highest BCUT2D eigenvalue weighted by molar-refractivity contribution is 7.89.